The van der Waals surface area contributed by atoms with E-state index in [0.717, 1.165) is 0 Å². The third-order valence-corrected chi connectivity index (χ3v) is 3.64. The summed E-state index contributed by atoms with van der Waals surface area (Å²) >= 11 is 0. The third kappa shape index (κ3) is 10.9. The smallest absolute Gasteiger partial charge is 0.412 e. The lowest BCUT2D eigenvalue weighted by atomic mass is 10.2. The highest BCUT2D eigenvalue weighted by atomic mass is 16.9. The van der Waals surface area contributed by atoms with Crippen molar-refractivity contribution in [2.45, 2.75) is 25.7 Å². The molecule has 1 rings (SSSR count). The third-order valence-electron chi connectivity index (χ3n) is 3.64. The van der Waals surface area contributed by atoms with E-state index in [1.165, 1.54) is 25.3 Å². The Labute approximate surface area is 173 Å². The van der Waals surface area contributed by atoms with Crippen molar-refractivity contribution in [1.29, 1.82) is 0 Å². The number of rotatable bonds is 14. The summed E-state index contributed by atoms with van der Waals surface area (Å²) in [6.45, 7) is 0.516. The average Bonchev–Trinajstić information content (AvgIpc) is 2.72. The SMILES string of the molecule is COc1cc(/C=C/C(=O)OCCCCO[N+](=O)[O-])ccc1OC(=O)NCCCCO. The van der Waals surface area contributed by atoms with Gasteiger partial charge in [0, 0.05) is 19.2 Å². The molecule has 0 fully saturated rings. The van der Waals surface area contributed by atoms with Crippen LogP contribution in [0.25, 0.3) is 6.08 Å². The number of benzene rings is 1. The summed E-state index contributed by atoms with van der Waals surface area (Å²) in [5, 5.41) is 20.4. The van der Waals surface area contributed by atoms with Crippen molar-refractivity contribution >= 4 is 18.1 Å². The van der Waals surface area contributed by atoms with Crippen LogP contribution in [0.1, 0.15) is 31.2 Å². The maximum Gasteiger partial charge on any atom is 0.412 e. The van der Waals surface area contributed by atoms with Gasteiger partial charge in [-0.1, -0.05) is 6.07 Å². The first-order chi connectivity index (χ1) is 14.5. The number of aliphatic hydroxyl groups is 1. The molecule has 11 nitrogen and oxygen atoms in total. The summed E-state index contributed by atoms with van der Waals surface area (Å²) in [4.78, 5) is 37.6. The van der Waals surface area contributed by atoms with Gasteiger partial charge in [0.2, 0.25) is 0 Å². The van der Waals surface area contributed by atoms with Crippen molar-refractivity contribution < 1.29 is 38.8 Å². The van der Waals surface area contributed by atoms with Gasteiger partial charge in [-0.3, -0.25) is 0 Å². The molecule has 30 heavy (non-hydrogen) atoms. The molecule has 1 aromatic carbocycles. The fraction of sp³-hybridized carbons (Fsp3) is 0.474. The first-order valence-corrected chi connectivity index (χ1v) is 9.33. The number of hydrogen-bond acceptors (Lipinski definition) is 9. The molecule has 0 aliphatic heterocycles. The lowest BCUT2D eigenvalue weighted by molar-refractivity contribution is -0.757. The minimum atomic E-state index is -0.870. The predicted octanol–water partition coefficient (Wildman–Crippen LogP) is 2.10. The Hall–Kier alpha value is -3.34. The Morgan fingerprint density at radius 3 is 2.63 bits per heavy atom. The van der Waals surface area contributed by atoms with Gasteiger partial charge in [0.25, 0.3) is 5.09 Å². The summed E-state index contributed by atoms with van der Waals surface area (Å²) in [6, 6.07) is 4.76. The van der Waals surface area contributed by atoms with Crippen molar-refractivity contribution in [3.63, 3.8) is 0 Å². The van der Waals surface area contributed by atoms with E-state index in [1.807, 2.05) is 0 Å². The molecule has 166 valence electrons. The number of carbonyl (C=O) groups excluding carboxylic acids is 2. The molecule has 0 spiro atoms. The second kappa shape index (κ2) is 14.6. The highest BCUT2D eigenvalue weighted by Gasteiger charge is 2.10. The van der Waals surface area contributed by atoms with Crippen LogP contribution in [0.4, 0.5) is 4.79 Å². The number of aliphatic hydroxyl groups excluding tert-OH is 1. The van der Waals surface area contributed by atoms with Gasteiger partial charge in [0.05, 0.1) is 20.3 Å². The van der Waals surface area contributed by atoms with Gasteiger partial charge in [-0.05, 0) is 49.5 Å². The lowest BCUT2D eigenvalue weighted by Crippen LogP contribution is -2.28. The summed E-state index contributed by atoms with van der Waals surface area (Å²) in [5.41, 5.74) is 0.624. The largest absolute Gasteiger partial charge is 0.493 e. The van der Waals surface area contributed by atoms with E-state index in [4.69, 9.17) is 19.3 Å². The van der Waals surface area contributed by atoms with E-state index in [9.17, 15) is 19.7 Å². The number of hydrogen-bond donors (Lipinski definition) is 2. The molecule has 0 saturated heterocycles. The number of esters is 1. The van der Waals surface area contributed by atoms with Crippen LogP contribution < -0.4 is 14.8 Å². The molecule has 0 atom stereocenters. The van der Waals surface area contributed by atoms with E-state index in [2.05, 4.69) is 10.2 Å². The van der Waals surface area contributed by atoms with Crippen molar-refractivity contribution in [2.75, 3.05) is 33.5 Å². The van der Waals surface area contributed by atoms with E-state index in [1.54, 1.807) is 12.1 Å². The van der Waals surface area contributed by atoms with Crippen LogP contribution in [0.2, 0.25) is 0 Å². The second-order valence-corrected chi connectivity index (χ2v) is 5.92. The van der Waals surface area contributed by atoms with Crippen molar-refractivity contribution in [3.8, 4) is 11.5 Å². The molecule has 0 saturated carbocycles. The van der Waals surface area contributed by atoms with Gasteiger partial charge in [0.15, 0.2) is 11.5 Å². The number of unbranched alkanes of at least 4 members (excludes halogenated alkanes) is 2. The fourth-order valence-electron chi connectivity index (χ4n) is 2.16. The first kappa shape index (κ1) is 24.7. The number of carbonyl (C=O) groups is 2. The Morgan fingerprint density at radius 1 is 1.17 bits per heavy atom. The highest BCUT2D eigenvalue weighted by Crippen LogP contribution is 2.28. The van der Waals surface area contributed by atoms with Gasteiger partial charge in [0.1, 0.15) is 0 Å². The minimum absolute atomic E-state index is 0.0463. The zero-order valence-corrected chi connectivity index (χ0v) is 16.7. The second-order valence-electron chi connectivity index (χ2n) is 5.92. The average molecular weight is 426 g/mol. The number of nitrogens with one attached hydrogen (secondary N) is 1. The van der Waals surface area contributed by atoms with Crippen LogP contribution in [-0.4, -0.2) is 55.7 Å². The van der Waals surface area contributed by atoms with Gasteiger partial charge in [-0.2, -0.15) is 0 Å². The molecule has 0 unspecified atom stereocenters. The Kier molecular flexibility index (Phi) is 12.0. The summed E-state index contributed by atoms with van der Waals surface area (Å²) in [7, 11) is 1.42. The van der Waals surface area contributed by atoms with E-state index >= 15 is 0 Å². The Bertz CT molecular complexity index is 722. The van der Waals surface area contributed by atoms with Crippen molar-refractivity contribution in [3.05, 3.63) is 40.0 Å². The number of ether oxygens (including phenoxy) is 3. The first-order valence-electron chi connectivity index (χ1n) is 9.33. The molecule has 0 heterocycles. The fourth-order valence-corrected chi connectivity index (χ4v) is 2.16. The van der Waals surface area contributed by atoms with Gasteiger partial charge >= 0.3 is 12.1 Å². The molecule has 0 aliphatic rings. The van der Waals surface area contributed by atoms with Gasteiger partial charge in [-0.25, -0.2) is 9.59 Å². The van der Waals surface area contributed by atoms with Crippen LogP contribution in [0.3, 0.4) is 0 Å². The number of nitrogens with zero attached hydrogens (tertiary/aromatic N) is 1. The molecule has 11 heteroatoms. The zero-order chi connectivity index (χ0) is 22.2. The minimum Gasteiger partial charge on any atom is -0.493 e. The monoisotopic (exact) mass is 426 g/mol. The standard InChI is InChI=1S/C19H26N2O9/c1-27-17-14-15(6-8-16(17)30-19(24)20-10-2-3-11-22)7-9-18(23)28-12-4-5-13-29-21(25)26/h6-9,14,22H,2-5,10-13H2,1H3,(H,20,24)/b9-7+. The Morgan fingerprint density at radius 2 is 1.93 bits per heavy atom. The summed E-state index contributed by atoms with van der Waals surface area (Å²) < 4.78 is 15.4. The molecule has 0 aliphatic carbocycles. The topological polar surface area (TPSA) is 146 Å². The molecule has 1 aromatic rings. The molecular weight excluding hydrogens is 400 g/mol. The van der Waals surface area contributed by atoms with Crippen LogP contribution in [-0.2, 0) is 14.4 Å². The molecular formula is C19H26N2O9. The van der Waals surface area contributed by atoms with E-state index in [-0.39, 0.29) is 25.6 Å². The van der Waals surface area contributed by atoms with Crippen LogP contribution >= 0.6 is 0 Å². The maximum atomic E-state index is 11.8. The van der Waals surface area contributed by atoms with Gasteiger partial charge < -0.3 is 29.5 Å². The number of methoxy groups -OCH3 is 1. The molecule has 0 bridgehead atoms. The normalized spacial score (nSPS) is 10.5. The lowest BCUT2D eigenvalue weighted by Gasteiger charge is -2.10. The molecule has 1 amide bonds. The van der Waals surface area contributed by atoms with Crippen molar-refractivity contribution in [2.24, 2.45) is 0 Å². The molecule has 0 aromatic heterocycles. The van der Waals surface area contributed by atoms with Crippen LogP contribution in [0.15, 0.2) is 24.3 Å². The molecule has 2 N–H and O–H groups in total. The van der Waals surface area contributed by atoms with Crippen molar-refractivity contribution in [1.82, 2.24) is 5.32 Å². The zero-order valence-electron chi connectivity index (χ0n) is 16.7. The van der Waals surface area contributed by atoms with E-state index in [0.29, 0.717) is 43.5 Å². The Balaban J connectivity index is 2.46. The summed E-state index contributed by atoms with van der Waals surface area (Å²) in [6.07, 6.45) is 4.16. The maximum absolute atomic E-state index is 11.8. The summed E-state index contributed by atoms with van der Waals surface area (Å²) in [5.74, 6) is -0.0395. The molecule has 0 radical (unpaired) electrons. The number of amides is 1. The van der Waals surface area contributed by atoms with Crippen LogP contribution in [0.5, 0.6) is 11.5 Å². The predicted molar refractivity (Wildman–Crippen MR) is 106 cm³/mol. The van der Waals surface area contributed by atoms with E-state index < -0.39 is 17.1 Å². The quantitative estimate of drug-likeness (QED) is 0.150. The highest BCUT2D eigenvalue weighted by molar-refractivity contribution is 5.87. The van der Waals surface area contributed by atoms with Gasteiger partial charge in [-0.15, -0.1) is 10.1 Å². The van der Waals surface area contributed by atoms with Crippen LogP contribution in [0, 0.1) is 10.1 Å².